The average molecular weight is 457 g/mol. The lowest BCUT2D eigenvalue weighted by molar-refractivity contribution is -0.147. The maximum atomic E-state index is 12.4. The third kappa shape index (κ3) is 5.78. The van der Waals surface area contributed by atoms with Crippen molar-refractivity contribution in [2.24, 2.45) is 5.92 Å². The van der Waals surface area contributed by atoms with Crippen molar-refractivity contribution in [2.75, 3.05) is 13.7 Å². The van der Waals surface area contributed by atoms with Gasteiger partial charge in [-0.15, -0.1) is 0 Å². The quantitative estimate of drug-likeness (QED) is 0.409. The van der Waals surface area contributed by atoms with Crippen LogP contribution in [0, 0.1) is 5.92 Å². The molecule has 3 aromatic rings. The number of rotatable bonds is 11. The molecule has 168 valence electrons. The summed E-state index contributed by atoms with van der Waals surface area (Å²) in [5, 5.41) is 10.7. The van der Waals surface area contributed by atoms with Gasteiger partial charge in [-0.3, -0.25) is 9.59 Å². The maximum absolute atomic E-state index is 12.4. The molecule has 0 amide bonds. The first-order valence-corrected chi connectivity index (χ1v) is 10.6. The second-order valence-corrected chi connectivity index (χ2v) is 7.83. The number of benzene rings is 2. The van der Waals surface area contributed by atoms with Crippen LogP contribution in [0.4, 0.5) is 0 Å². The van der Waals surface area contributed by atoms with Gasteiger partial charge in [-0.2, -0.15) is 0 Å². The van der Waals surface area contributed by atoms with Crippen molar-refractivity contribution >= 4 is 40.4 Å². The minimum atomic E-state index is -0.689. The van der Waals surface area contributed by atoms with Gasteiger partial charge in [0.05, 0.1) is 25.9 Å². The topological polar surface area (TPSA) is 86.0 Å². The fraction of sp³-hybridized carbons (Fsp3) is 0.280. The number of ketones is 1. The summed E-state index contributed by atoms with van der Waals surface area (Å²) < 4.78 is 16.1. The molecule has 0 radical (unpaired) electrons. The molecule has 1 heterocycles. The number of methoxy groups -OCH3 is 1. The Labute approximate surface area is 191 Å². The highest BCUT2D eigenvalue weighted by atomic mass is 35.5. The van der Waals surface area contributed by atoms with Crippen LogP contribution in [0.1, 0.15) is 29.5 Å². The molecule has 1 aromatic heterocycles. The molecule has 0 fully saturated rings. The molecule has 32 heavy (non-hydrogen) atoms. The molecular formula is C25H25ClO6. The number of hydrogen-bond acceptors (Lipinski definition) is 6. The first kappa shape index (κ1) is 23.6. The van der Waals surface area contributed by atoms with Crippen molar-refractivity contribution in [3.63, 3.8) is 0 Å². The predicted octanol–water partition coefficient (Wildman–Crippen LogP) is 4.98. The second-order valence-electron chi connectivity index (χ2n) is 7.42. The van der Waals surface area contributed by atoms with E-state index in [2.05, 4.69) is 11.3 Å². The van der Waals surface area contributed by atoms with Crippen molar-refractivity contribution in [3.05, 3.63) is 71.0 Å². The number of carbonyl (C=O) groups is 2. The van der Waals surface area contributed by atoms with Crippen LogP contribution in [-0.2, 0) is 27.4 Å². The molecule has 0 bridgehead atoms. The van der Waals surface area contributed by atoms with E-state index >= 15 is 0 Å². The van der Waals surface area contributed by atoms with E-state index in [4.69, 9.17) is 20.8 Å². The number of carbonyl (C=O) groups excluding carboxylic acids is 2. The lowest BCUT2D eigenvalue weighted by atomic mass is 9.99. The fourth-order valence-corrected chi connectivity index (χ4v) is 3.59. The van der Waals surface area contributed by atoms with Crippen LogP contribution in [0.25, 0.3) is 17.0 Å². The summed E-state index contributed by atoms with van der Waals surface area (Å²) in [5.41, 5.74) is 3.17. The van der Waals surface area contributed by atoms with E-state index in [-0.39, 0.29) is 31.7 Å². The Morgan fingerprint density at radius 1 is 1.22 bits per heavy atom. The van der Waals surface area contributed by atoms with Crippen molar-refractivity contribution in [3.8, 4) is 5.75 Å². The summed E-state index contributed by atoms with van der Waals surface area (Å²) in [7, 11) is 1.26. The first-order chi connectivity index (χ1) is 15.4. The molecular weight excluding hydrogens is 432 g/mol. The Morgan fingerprint density at radius 2 is 2.03 bits per heavy atom. The van der Waals surface area contributed by atoms with Crippen LogP contribution in [0.5, 0.6) is 5.75 Å². The fourth-order valence-electron chi connectivity index (χ4n) is 3.35. The molecule has 1 atom stereocenters. The zero-order valence-corrected chi connectivity index (χ0v) is 18.6. The first-order valence-electron chi connectivity index (χ1n) is 10.2. The van der Waals surface area contributed by atoms with Gasteiger partial charge in [0.1, 0.15) is 23.7 Å². The highest BCUT2D eigenvalue weighted by molar-refractivity contribution is 6.31. The van der Waals surface area contributed by atoms with E-state index in [1.165, 1.54) is 7.11 Å². The molecule has 1 N–H and O–H groups in total. The van der Waals surface area contributed by atoms with Gasteiger partial charge >= 0.3 is 5.97 Å². The van der Waals surface area contributed by atoms with Gasteiger partial charge in [-0.25, -0.2) is 0 Å². The highest BCUT2D eigenvalue weighted by Gasteiger charge is 2.20. The van der Waals surface area contributed by atoms with Crippen molar-refractivity contribution in [1.29, 1.82) is 0 Å². The predicted molar refractivity (Wildman–Crippen MR) is 123 cm³/mol. The molecule has 0 saturated carbocycles. The number of fused-ring (bicyclic) bond motifs is 1. The number of halogens is 1. The third-order valence-electron chi connectivity index (χ3n) is 5.25. The molecule has 1 unspecified atom stereocenters. The summed E-state index contributed by atoms with van der Waals surface area (Å²) >= 11 is 6.28. The van der Waals surface area contributed by atoms with Gasteiger partial charge < -0.3 is 19.0 Å². The number of Topliss-reactive ketones (excluding diaryl/α,β-unsaturated/α-hetero) is 1. The molecule has 0 aliphatic rings. The van der Waals surface area contributed by atoms with Crippen LogP contribution < -0.4 is 4.74 Å². The molecule has 0 aliphatic carbocycles. The van der Waals surface area contributed by atoms with E-state index in [1.807, 2.05) is 30.3 Å². The summed E-state index contributed by atoms with van der Waals surface area (Å²) in [6, 6.07) is 11.1. The van der Waals surface area contributed by atoms with Gasteiger partial charge in [0.2, 0.25) is 0 Å². The van der Waals surface area contributed by atoms with Crippen molar-refractivity contribution in [1.82, 2.24) is 0 Å². The molecule has 7 heteroatoms. The number of hydrogen-bond donors (Lipinski definition) is 1. The lowest BCUT2D eigenvalue weighted by Gasteiger charge is -2.10. The Hall–Kier alpha value is -3.09. The Balaban J connectivity index is 1.61. The lowest BCUT2D eigenvalue weighted by Crippen LogP contribution is -2.21. The number of furan rings is 1. The summed E-state index contributed by atoms with van der Waals surface area (Å²) in [5.74, 6) is -0.629. The smallest absolute Gasteiger partial charge is 0.311 e. The minimum absolute atomic E-state index is 0.0482. The molecule has 0 aliphatic heterocycles. The third-order valence-corrected chi connectivity index (χ3v) is 5.60. The molecule has 0 saturated heterocycles. The standard InChI is InChI=1S/C25H25ClO6/c1-3-16-4-5-18(23(26)10-16)14-31-21-8-9-22-19(15-32-24(22)12-21)11-20(28)7-6-17(13-27)25(29)30-2/h3-5,8-10,12,15,17,27H,1,6-7,11,13-14H2,2H3. The maximum Gasteiger partial charge on any atom is 0.311 e. The van der Waals surface area contributed by atoms with Gasteiger partial charge in [-0.1, -0.05) is 36.4 Å². The zero-order chi connectivity index (χ0) is 23.1. The Morgan fingerprint density at radius 3 is 2.72 bits per heavy atom. The summed E-state index contributed by atoms with van der Waals surface area (Å²) in [6.45, 7) is 3.69. The molecule has 6 nitrogen and oxygen atoms in total. The Bertz CT molecular complexity index is 1120. The monoisotopic (exact) mass is 456 g/mol. The van der Waals surface area contributed by atoms with Crippen LogP contribution in [-0.4, -0.2) is 30.6 Å². The van der Waals surface area contributed by atoms with E-state index in [1.54, 1.807) is 18.4 Å². The largest absolute Gasteiger partial charge is 0.489 e. The van der Waals surface area contributed by atoms with Gasteiger partial charge in [0.15, 0.2) is 0 Å². The normalized spacial score (nSPS) is 11.8. The van der Waals surface area contributed by atoms with Crippen molar-refractivity contribution in [2.45, 2.75) is 25.9 Å². The summed E-state index contributed by atoms with van der Waals surface area (Å²) in [6.07, 6.45) is 3.87. The van der Waals surface area contributed by atoms with Crippen LogP contribution >= 0.6 is 11.6 Å². The number of aliphatic hydroxyl groups is 1. The summed E-state index contributed by atoms with van der Waals surface area (Å²) in [4.78, 5) is 23.9. The van der Waals surface area contributed by atoms with Crippen LogP contribution in [0.15, 0.2) is 53.7 Å². The van der Waals surface area contributed by atoms with E-state index < -0.39 is 11.9 Å². The highest BCUT2D eigenvalue weighted by Crippen LogP contribution is 2.28. The molecule has 2 aromatic carbocycles. The van der Waals surface area contributed by atoms with Gasteiger partial charge in [0, 0.05) is 40.4 Å². The number of ether oxygens (including phenoxy) is 2. The van der Waals surface area contributed by atoms with Gasteiger partial charge in [0.25, 0.3) is 0 Å². The second kappa shape index (κ2) is 11.0. The Kier molecular flexibility index (Phi) is 8.09. The van der Waals surface area contributed by atoms with Gasteiger partial charge in [-0.05, 0) is 30.2 Å². The van der Waals surface area contributed by atoms with Crippen LogP contribution in [0.3, 0.4) is 0 Å². The molecule has 0 spiro atoms. The average Bonchev–Trinajstić information content (AvgIpc) is 3.20. The SMILES string of the molecule is C=Cc1ccc(COc2ccc3c(CC(=O)CCC(CO)C(=O)OC)coc3c2)c(Cl)c1. The van der Waals surface area contributed by atoms with E-state index in [9.17, 15) is 14.7 Å². The minimum Gasteiger partial charge on any atom is -0.489 e. The number of aliphatic hydroxyl groups excluding tert-OH is 1. The molecule has 3 rings (SSSR count). The van der Waals surface area contributed by atoms with E-state index in [0.717, 1.165) is 22.1 Å². The van der Waals surface area contributed by atoms with E-state index in [0.29, 0.717) is 23.0 Å². The van der Waals surface area contributed by atoms with Crippen LogP contribution in [0.2, 0.25) is 5.02 Å². The number of esters is 1. The zero-order valence-electron chi connectivity index (χ0n) is 17.8. The van der Waals surface area contributed by atoms with Crippen molar-refractivity contribution < 1.29 is 28.6 Å².